The number of aromatic nitrogens is 2. The van der Waals surface area contributed by atoms with Gasteiger partial charge in [-0.15, -0.1) is 0 Å². The van der Waals surface area contributed by atoms with E-state index in [-0.39, 0.29) is 5.41 Å². The summed E-state index contributed by atoms with van der Waals surface area (Å²) in [5.74, 6) is 2.08. The number of hydrogen-bond acceptors (Lipinski definition) is 4. The minimum Gasteiger partial charge on any atom is -0.342 e. The molecule has 3 fully saturated rings. The molecule has 4 rings (SSSR count). The van der Waals surface area contributed by atoms with Crippen LogP contribution in [0.1, 0.15) is 69.7 Å². The van der Waals surface area contributed by atoms with Gasteiger partial charge >= 0.3 is 0 Å². The normalized spacial score (nSPS) is 27.6. The number of piperidine rings is 1. The van der Waals surface area contributed by atoms with Gasteiger partial charge in [-0.3, -0.25) is 9.69 Å². The molecule has 1 atom stereocenters. The van der Waals surface area contributed by atoms with Crippen molar-refractivity contribution in [3.63, 3.8) is 0 Å². The van der Waals surface area contributed by atoms with Crippen LogP contribution in [0.15, 0.2) is 12.4 Å². The van der Waals surface area contributed by atoms with E-state index in [1.807, 2.05) is 12.4 Å². The van der Waals surface area contributed by atoms with E-state index in [1.54, 1.807) is 0 Å². The highest BCUT2D eigenvalue weighted by atomic mass is 16.2. The molecule has 1 saturated carbocycles. The molecule has 1 spiro atoms. The summed E-state index contributed by atoms with van der Waals surface area (Å²) in [7, 11) is 0. The van der Waals surface area contributed by atoms with Crippen LogP contribution in [-0.2, 0) is 17.8 Å². The third-order valence-corrected chi connectivity index (χ3v) is 6.94. The van der Waals surface area contributed by atoms with Crippen LogP contribution in [0, 0.1) is 11.3 Å². The maximum atomic E-state index is 13.4. The number of nitrogens with zero attached hydrogens (tertiary/aromatic N) is 4. The lowest BCUT2D eigenvalue weighted by atomic mass is 9.77. The van der Waals surface area contributed by atoms with E-state index in [2.05, 4.69) is 26.7 Å². The molecular formula is C22H34N4O. The molecule has 0 N–H and O–H groups in total. The maximum absolute atomic E-state index is 13.4. The molecule has 5 nitrogen and oxygen atoms in total. The van der Waals surface area contributed by atoms with Gasteiger partial charge in [-0.05, 0) is 44.6 Å². The Bertz CT molecular complexity index is 640. The van der Waals surface area contributed by atoms with Gasteiger partial charge in [-0.25, -0.2) is 9.97 Å². The molecule has 0 aromatic carbocycles. The number of likely N-dealkylation sites (tertiary alicyclic amines) is 2. The molecule has 0 bridgehead atoms. The van der Waals surface area contributed by atoms with Crippen LogP contribution < -0.4 is 0 Å². The van der Waals surface area contributed by atoms with Crippen LogP contribution in [0.4, 0.5) is 0 Å². The summed E-state index contributed by atoms with van der Waals surface area (Å²) < 4.78 is 0. The summed E-state index contributed by atoms with van der Waals surface area (Å²) in [6.45, 7) is 6.84. The van der Waals surface area contributed by atoms with Crippen molar-refractivity contribution in [3.8, 4) is 0 Å². The lowest BCUT2D eigenvalue weighted by molar-refractivity contribution is -0.146. The monoisotopic (exact) mass is 370 g/mol. The molecule has 3 aliphatic rings. The van der Waals surface area contributed by atoms with Crippen LogP contribution in [0.5, 0.6) is 0 Å². The fraction of sp³-hybridized carbons (Fsp3) is 0.773. The van der Waals surface area contributed by atoms with E-state index in [4.69, 9.17) is 0 Å². The first-order chi connectivity index (χ1) is 13.2. The van der Waals surface area contributed by atoms with Gasteiger partial charge in [0.2, 0.25) is 5.91 Å². The molecule has 1 aromatic rings. The second kappa shape index (κ2) is 8.26. The SMILES string of the molecule is CCc1ncc(CN2CC[C@@]3(CCCN(CC4CCCCC4)C3=O)C2)cn1. The van der Waals surface area contributed by atoms with Gasteiger partial charge in [0.05, 0.1) is 5.41 Å². The number of aryl methyl sites for hydroxylation is 1. The zero-order valence-electron chi connectivity index (χ0n) is 16.8. The average Bonchev–Trinajstić information content (AvgIpc) is 3.10. The minimum absolute atomic E-state index is 0.128. The molecule has 5 heteroatoms. The van der Waals surface area contributed by atoms with E-state index in [9.17, 15) is 4.79 Å². The third-order valence-electron chi connectivity index (χ3n) is 6.94. The number of carbonyl (C=O) groups excluding carboxylic acids is 1. The van der Waals surface area contributed by atoms with Gasteiger partial charge in [-0.1, -0.05) is 26.2 Å². The van der Waals surface area contributed by atoms with E-state index in [1.165, 1.54) is 38.5 Å². The molecule has 0 radical (unpaired) electrons. The largest absolute Gasteiger partial charge is 0.342 e. The predicted molar refractivity (Wildman–Crippen MR) is 106 cm³/mol. The van der Waals surface area contributed by atoms with Crippen molar-refractivity contribution in [2.75, 3.05) is 26.2 Å². The summed E-state index contributed by atoms with van der Waals surface area (Å²) in [6, 6.07) is 0. The van der Waals surface area contributed by atoms with Gasteiger partial charge in [0, 0.05) is 50.6 Å². The van der Waals surface area contributed by atoms with Crippen LogP contribution in [0.25, 0.3) is 0 Å². The minimum atomic E-state index is -0.128. The summed E-state index contributed by atoms with van der Waals surface area (Å²) in [5, 5.41) is 0. The smallest absolute Gasteiger partial charge is 0.230 e. The quantitative estimate of drug-likeness (QED) is 0.797. The van der Waals surface area contributed by atoms with Crippen molar-refractivity contribution in [3.05, 3.63) is 23.8 Å². The Balaban J connectivity index is 1.36. The first kappa shape index (κ1) is 18.9. The summed E-state index contributed by atoms with van der Waals surface area (Å²) in [6.07, 6.45) is 14.7. The van der Waals surface area contributed by atoms with E-state index in [0.717, 1.165) is 69.3 Å². The molecule has 0 unspecified atom stereocenters. The number of rotatable bonds is 5. The molecule has 3 heterocycles. The molecule has 148 valence electrons. The van der Waals surface area contributed by atoms with Crippen molar-refractivity contribution in [1.29, 1.82) is 0 Å². The highest BCUT2D eigenvalue weighted by Crippen LogP contribution is 2.41. The lowest BCUT2D eigenvalue weighted by Crippen LogP contribution is -2.51. The first-order valence-electron chi connectivity index (χ1n) is 11.0. The fourth-order valence-electron chi connectivity index (χ4n) is 5.38. The highest BCUT2D eigenvalue weighted by molar-refractivity contribution is 5.84. The Hall–Kier alpha value is -1.49. The van der Waals surface area contributed by atoms with E-state index >= 15 is 0 Å². The Morgan fingerprint density at radius 1 is 1.07 bits per heavy atom. The average molecular weight is 371 g/mol. The molecule has 1 amide bonds. The van der Waals surface area contributed by atoms with Gasteiger partial charge < -0.3 is 4.90 Å². The molecule has 1 aliphatic carbocycles. The second-order valence-corrected chi connectivity index (χ2v) is 8.96. The predicted octanol–water partition coefficient (Wildman–Crippen LogP) is 3.43. The van der Waals surface area contributed by atoms with Crippen molar-refractivity contribution >= 4 is 5.91 Å². The number of carbonyl (C=O) groups is 1. The molecule has 2 aliphatic heterocycles. The first-order valence-corrected chi connectivity index (χ1v) is 11.0. The summed E-state index contributed by atoms with van der Waals surface area (Å²) in [4.78, 5) is 26.9. The number of amides is 1. The Morgan fingerprint density at radius 3 is 2.59 bits per heavy atom. The molecule has 27 heavy (non-hydrogen) atoms. The summed E-state index contributed by atoms with van der Waals surface area (Å²) in [5.41, 5.74) is 1.03. The van der Waals surface area contributed by atoms with Crippen molar-refractivity contribution in [1.82, 2.24) is 19.8 Å². The Morgan fingerprint density at radius 2 is 1.85 bits per heavy atom. The second-order valence-electron chi connectivity index (χ2n) is 8.96. The lowest BCUT2D eigenvalue weighted by Gasteiger charge is -2.41. The Labute approximate surface area is 163 Å². The van der Waals surface area contributed by atoms with Crippen molar-refractivity contribution in [2.24, 2.45) is 11.3 Å². The number of hydrogen-bond donors (Lipinski definition) is 0. The van der Waals surface area contributed by atoms with E-state index in [0.29, 0.717) is 5.91 Å². The van der Waals surface area contributed by atoms with Gasteiger partial charge in [0.15, 0.2) is 0 Å². The summed E-state index contributed by atoms with van der Waals surface area (Å²) >= 11 is 0. The van der Waals surface area contributed by atoms with Crippen LogP contribution in [0.2, 0.25) is 0 Å². The highest BCUT2D eigenvalue weighted by Gasteiger charge is 2.48. The zero-order chi connectivity index (χ0) is 18.7. The van der Waals surface area contributed by atoms with Gasteiger partial charge in [0.1, 0.15) is 5.82 Å². The molecule has 1 aromatic heterocycles. The van der Waals surface area contributed by atoms with Gasteiger partial charge in [-0.2, -0.15) is 0 Å². The third kappa shape index (κ3) is 4.18. The van der Waals surface area contributed by atoms with Crippen molar-refractivity contribution in [2.45, 2.75) is 71.3 Å². The fourth-order valence-corrected chi connectivity index (χ4v) is 5.38. The van der Waals surface area contributed by atoms with Gasteiger partial charge in [0.25, 0.3) is 0 Å². The van der Waals surface area contributed by atoms with Crippen LogP contribution >= 0.6 is 0 Å². The molecular weight excluding hydrogens is 336 g/mol. The van der Waals surface area contributed by atoms with Crippen molar-refractivity contribution < 1.29 is 4.79 Å². The van der Waals surface area contributed by atoms with Crippen LogP contribution in [-0.4, -0.2) is 51.9 Å². The molecule has 2 saturated heterocycles. The topological polar surface area (TPSA) is 49.3 Å². The standard InChI is InChI=1S/C22H34N4O/c1-2-20-23-13-19(14-24-20)15-25-12-10-22(17-25)9-6-11-26(21(22)27)16-18-7-4-3-5-8-18/h13-14,18H,2-12,15-17H2,1H3/t22-/m0/s1. The van der Waals surface area contributed by atoms with E-state index < -0.39 is 0 Å². The maximum Gasteiger partial charge on any atom is 0.230 e. The zero-order valence-corrected chi connectivity index (χ0v) is 16.8. The van der Waals surface area contributed by atoms with Crippen LogP contribution in [0.3, 0.4) is 0 Å². The Kier molecular flexibility index (Phi) is 5.76.